The van der Waals surface area contributed by atoms with E-state index in [1.807, 2.05) is 24.5 Å². The van der Waals surface area contributed by atoms with Crippen molar-refractivity contribution in [2.45, 2.75) is 11.3 Å². The summed E-state index contributed by atoms with van der Waals surface area (Å²) >= 11 is 4.92. The third-order valence-electron chi connectivity index (χ3n) is 5.02. The van der Waals surface area contributed by atoms with Crippen molar-refractivity contribution in [1.29, 1.82) is 0 Å². The van der Waals surface area contributed by atoms with Crippen LogP contribution >= 0.6 is 34.4 Å². The van der Waals surface area contributed by atoms with Crippen LogP contribution in [0.15, 0.2) is 58.8 Å². The van der Waals surface area contributed by atoms with E-state index in [-0.39, 0.29) is 5.91 Å². The Kier molecular flexibility index (Phi) is 5.85. The van der Waals surface area contributed by atoms with E-state index in [1.165, 1.54) is 4.88 Å². The third kappa shape index (κ3) is 4.15. The van der Waals surface area contributed by atoms with Gasteiger partial charge in [-0.25, -0.2) is 4.98 Å². The standard InChI is InChI=1S/C23H20N2O3S3/c1-29-19-5-2-6-20-21(19)24-23(31-20)25(10-9-16-4-3-13-30-16)22(26)15-7-8-17-18(14-15)28-12-11-27-17/h2-8,13-14H,9-12H2,1H3. The number of hydrogen-bond acceptors (Lipinski definition) is 7. The number of aromatic nitrogens is 1. The summed E-state index contributed by atoms with van der Waals surface area (Å²) in [6.07, 6.45) is 2.82. The normalized spacial score (nSPS) is 12.8. The van der Waals surface area contributed by atoms with Gasteiger partial charge < -0.3 is 9.47 Å². The van der Waals surface area contributed by atoms with E-state index in [2.05, 4.69) is 23.6 Å². The lowest BCUT2D eigenvalue weighted by Gasteiger charge is -2.22. The quantitative estimate of drug-likeness (QED) is 0.338. The summed E-state index contributed by atoms with van der Waals surface area (Å²) in [7, 11) is 0. The largest absolute Gasteiger partial charge is 0.486 e. The molecule has 31 heavy (non-hydrogen) atoms. The number of benzene rings is 2. The van der Waals surface area contributed by atoms with Crippen LogP contribution in [-0.4, -0.2) is 36.9 Å². The fourth-order valence-corrected chi connectivity index (χ4v) is 5.83. The highest BCUT2D eigenvalue weighted by Crippen LogP contribution is 2.36. The molecule has 0 saturated heterocycles. The first-order chi connectivity index (χ1) is 15.2. The Hall–Kier alpha value is -2.55. The average Bonchev–Trinajstić information content (AvgIpc) is 3.48. The molecule has 0 fully saturated rings. The van der Waals surface area contributed by atoms with E-state index >= 15 is 0 Å². The van der Waals surface area contributed by atoms with Gasteiger partial charge in [-0.2, -0.15) is 0 Å². The number of nitrogens with zero attached hydrogens (tertiary/aromatic N) is 2. The minimum absolute atomic E-state index is 0.0849. The minimum atomic E-state index is -0.0849. The van der Waals surface area contributed by atoms with E-state index in [9.17, 15) is 4.79 Å². The lowest BCUT2D eigenvalue weighted by Crippen LogP contribution is -2.33. The van der Waals surface area contributed by atoms with Crippen molar-refractivity contribution in [3.63, 3.8) is 0 Å². The van der Waals surface area contributed by atoms with Crippen LogP contribution in [0.25, 0.3) is 10.2 Å². The number of para-hydroxylation sites is 1. The number of thiazole rings is 1. The first kappa shape index (κ1) is 20.4. The maximum absolute atomic E-state index is 13.6. The summed E-state index contributed by atoms with van der Waals surface area (Å²) in [5.74, 6) is 1.21. The van der Waals surface area contributed by atoms with E-state index in [0.717, 1.165) is 21.5 Å². The van der Waals surface area contributed by atoms with Crippen molar-refractivity contribution in [2.75, 3.05) is 30.9 Å². The second-order valence-electron chi connectivity index (χ2n) is 6.95. The fraction of sp³-hybridized carbons (Fsp3) is 0.217. The van der Waals surface area contributed by atoms with E-state index in [1.54, 1.807) is 51.5 Å². The van der Waals surface area contributed by atoms with Crippen LogP contribution in [0.2, 0.25) is 0 Å². The molecular weight excluding hydrogens is 448 g/mol. The van der Waals surface area contributed by atoms with Crippen LogP contribution in [0.1, 0.15) is 15.2 Å². The van der Waals surface area contributed by atoms with Crippen molar-refractivity contribution in [1.82, 2.24) is 4.98 Å². The number of hydrogen-bond donors (Lipinski definition) is 0. The number of thioether (sulfide) groups is 1. The van der Waals surface area contributed by atoms with Crippen LogP contribution in [-0.2, 0) is 6.42 Å². The van der Waals surface area contributed by atoms with Crippen LogP contribution < -0.4 is 14.4 Å². The zero-order chi connectivity index (χ0) is 21.2. The van der Waals surface area contributed by atoms with Gasteiger partial charge in [0.1, 0.15) is 13.2 Å². The molecule has 158 valence electrons. The van der Waals surface area contributed by atoms with Crippen molar-refractivity contribution in [3.8, 4) is 11.5 Å². The molecule has 5 nitrogen and oxygen atoms in total. The first-order valence-electron chi connectivity index (χ1n) is 9.90. The Labute approximate surface area is 192 Å². The topological polar surface area (TPSA) is 51.7 Å². The summed E-state index contributed by atoms with van der Waals surface area (Å²) < 4.78 is 12.4. The van der Waals surface area contributed by atoms with E-state index in [4.69, 9.17) is 14.5 Å². The predicted molar refractivity (Wildman–Crippen MR) is 129 cm³/mol. The van der Waals surface area contributed by atoms with E-state index < -0.39 is 0 Å². The molecule has 0 saturated carbocycles. The van der Waals surface area contributed by atoms with Crippen molar-refractivity contribution >= 4 is 55.7 Å². The molecule has 0 radical (unpaired) electrons. The zero-order valence-corrected chi connectivity index (χ0v) is 19.3. The summed E-state index contributed by atoms with van der Waals surface area (Å²) in [5, 5.41) is 2.78. The van der Waals surface area contributed by atoms with Gasteiger partial charge in [0.15, 0.2) is 16.6 Å². The summed E-state index contributed by atoms with van der Waals surface area (Å²) in [4.78, 5) is 22.6. The number of fused-ring (bicyclic) bond motifs is 2. The highest BCUT2D eigenvalue weighted by Gasteiger charge is 2.24. The molecule has 1 aliphatic rings. The number of ether oxygens (including phenoxy) is 2. The van der Waals surface area contributed by atoms with Crippen molar-refractivity contribution < 1.29 is 14.3 Å². The number of rotatable bonds is 6. The van der Waals surface area contributed by atoms with Gasteiger partial charge in [0.05, 0.1) is 10.2 Å². The van der Waals surface area contributed by atoms with Crippen LogP contribution in [0, 0.1) is 0 Å². The molecule has 0 atom stereocenters. The predicted octanol–water partition coefficient (Wildman–Crippen LogP) is 5.74. The molecule has 4 aromatic rings. The molecule has 0 bridgehead atoms. The fourth-order valence-electron chi connectivity index (χ4n) is 3.48. The first-order valence-corrected chi connectivity index (χ1v) is 12.8. The van der Waals surface area contributed by atoms with Crippen molar-refractivity contribution in [2.24, 2.45) is 0 Å². The molecular formula is C23H20N2O3S3. The van der Waals surface area contributed by atoms with Crippen LogP contribution in [0.3, 0.4) is 0 Å². The monoisotopic (exact) mass is 468 g/mol. The van der Waals surface area contributed by atoms with Gasteiger partial charge in [-0.3, -0.25) is 9.69 Å². The lowest BCUT2D eigenvalue weighted by atomic mass is 10.1. The van der Waals surface area contributed by atoms with Gasteiger partial charge in [-0.1, -0.05) is 23.5 Å². The Morgan fingerprint density at radius 1 is 1.13 bits per heavy atom. The molecule has 1 amide bonds. The van der Waals surface area contributed by atoms with Gasteiger partial charge in [0.25, 0.3) is 5.91 Å². The second kappa shape index (κ2) is 8.90. The molecule has 2 aromatic carbocycles. The van der Waals surface area contributed by atoms with E-state index in [0.29, 0.717) is 42.0 Å². The highest BCUT2D eigenvalue weighted by atomic mass is 32.2. The minimum Gasteiger partial charge on any atom is -0.486 e. The van der Waals surface area contributed by atoms with Gasteiger partial charge in [0, 0.05) is 21.9 Å². The Morgan fingerprint density at radius 3 is 2.81 bits per heavy atom. The maximum Gasteiger partial charge on any atom is 0.260 e. The lowest BCUT2D eigenvalue weighted by molar-refractivity contribution is 0.0986. The summed E-state index contributed by atoms with van der Waals surface area (Å²) in [5.41, 5.74) is 1.52. The molecule has 5 rings (SSSR count). The molecule has 0 aliphatic carbocycles. The zero-order valence-electron chi connectivity index (χ0n) is 16.9. The van der Waals surface area contributed by atoms with Crippen LogP contribution in [0.5, 0.6) is 11.5 Å². The molecule has 0 N–H and O–H groups in total. The highest BCUT2D eigenvalue weighted by molar-refractivity contribution is 7.98. The SMILES string of the molecule is CSc1cccc2sc(N(CCc3cccs3)C(=O)c3ccc4c(c3)OCCO4)nc12. The number of carbonyl (C=O) groups is 1. The molecule has 1 aliphatic heterocycles. The molecule has 0 unspecified atom stereocenters. The molecule has 8 heteroatoms. The van der Waals surface area contributed by atoms with Gasteiger partial charge in [0.2, 0.25) is 0 Å². The Balaban J connectivity index is 1.51. The van der Waals surface area contributed by atoms with Gasteiger partial charge in [-0.15, -0.1) is 23.1 Å². The number of anilines is 1. The Morgan fingerprint density at radius 2 is 2.00 bits per heavy atom. The number of thiophene rings is 1. The van der Waals surface area contributed by atoms with Crippen LogP contribution in [0.4, 0.5) is 5.13 Å². The number of amides is 1. The smallest absolute Gasteiger partial charge is 0.260 e. The second-order valence-corrected chi connectivity index (χ2v) is 9.84. The molecule has 3 heterocycles. The average molecular weight is 469 g/mol. The maximum atomic E-state index is 13.6. The molecule has 0 spiro atoms. The Bertz CT molecular complexity index is 1220. The van der Waals surface area contributed by atoms with Gasteiger partial charge >= 0.3 is 0 Å². The molecule has 2 aromatic heterocycles. The van der Waals surface area contributed by atoms with Gasteiger partial charge in [-0.05, 0) is 54.5 Å². The summed E-state index contributed by atoms with van der Waals surface area (Å²) in [6.45, 7) is 1.57. The number of carbonyl (C=O) groups excluding carboxylic acids is 1. The van der Waals surface area contributed by atoms with Crippen molar-refractivity contribution in [3.05, 3.63) is 64.4 Å². The third-order valence-corrected chi connectivity index (χ3v) is 7.77. The summed E-state index contributed by atoms with van der Waals surface area (Å²) in [6, 6.07) is 15.7.